The van der Waals surface area contributed by atoms with Crippen molar-refractivity contribution >= 4 is 5.91 Å². The number of hydrogen-bond acceptors (Lipinski definition) is 2. The van der Waals surface area contributed by atoms with Crippen LogP contribution in [0.3, 0.4) is 0 Å². The number of likely N-dealkylation sites (tertiary alicyclic amines) is 1. The first kappa shape index (κ1) is 12.1. The second-order valence-corrected chi connectivity index (χ2v) is 4.91. The fourth-order valence-corrected chi connectivity index (χ4v) is 2.27. The zero-order valence-corrected chi connectivity index (χ0v) is 10.6. The van der Waals surface area contributed by atoms with Crippen LogP contribution < -0.4 is 0 Å². The van der Waals surface area contributed by atoms with Crippen LogP contribution in [0, 0.1) is 0 Å². The molecule has 92 valence electrons. The Morgan fingerprint density at radius 1 is 1.35 bits per heavy atom. The standard InChI is InChI=1S/C14H20N2O/c1-15(2)13-8-9-16(11-13)14(17)10-12-6-4-3-5-7-12/h3-7,13H,8-11H2,1-2H3. The molecule has 3 nitrogen and oxygen atoms in total. The van der Waals surface area contributed by atoms with Gasteiger partial charge >= 0.3 is 0 Å². The molecule has 3 heteroatoms. The maximum Gasteiger partial charge on any atom is 0.227 e. The largest absolute Gasteiger partial charge is 0.341 e. The van der Waals surface area contributed by atoms with Gasteiger partial charge in [-0.05, 0) is 26.1 Å². The van der Waals surface area contributed by atoms with Crippen LogP contribution in [0.4, 0.5) is 0 Å². The SMILES string of the molecule is CN(C)C1CCN(C(=O)Cc2ccccc2)C1. The highest BCUT2D eigenvalue weighted by Gasteiger charge is 2.27. The van der Waals surface area contributed by atoms with Crippen molar-refractivity contribution in [2.45, 2.75) is 18.9 Å². The molecular weight excluding hydrogens is 212 g/mol. The minimum absolute atomic E-state index is 0.251. The Bertz CT molecular complexity index is 375. The van der Waals surface area contributed by atoms with E-state index in [0.29, 0.717) is 12.5 Å². The van der Waals surface area contributed by atoms with Crippen LogP contribution in [0.1, 0.15) is 12.0 Å². The van der Waals surface area contributed by atoms with E-state index < -0.39 is 0 Å². The predicted molar refractivity (Wildman–Crippen MR) is 68.8 cm³/mol. The Balaban J connectivity index is 1.90. The third-order valence-corrected chi connectivity index (χ3v) is 3.44. The van der Waals surface area contributed by atoms with Crippen LogP contribution in [0.5, 0.6) is 0 Å². The van der Waals surface area contributed by atoms with Crippen LogP contribution in [-0.2, 0) is 11.2 Å². The maximum atomic E-state index is 12.1. The van der Waals surface area contributed by atoms with Gasteiger partial charge in [-0.2, -0.15) is 0 Å². The van der Waals surface area contributed by atoms with Gasteiger partial charge in [0.25, 0.3) is 0 Å². The molecule has 1 fully saturated rings. The molecule has 1 amide bonds. The van der Waals surface area contributed by atoms with E-state index >= 15 is 0 Å². The number of carbonyl (C=O) groups is 1. The summed E-state index contributed by atoms with van der Waals surface area (Å²) in [6.45, 7) is 1.77. The Kier molecular flexibility index (Phi) is 3.79. The van der Waals surface area contributed by atoms with E-state index in [2.05, 4.69) is 19.0 Å². The summed E-state index contributed by atoms with van der Waals surface area (Å²) in [5.41, 5.74) is 1.10. The average molecular weight is 232 g/mol. The molecule has 1 heterocycles. The molecule has 0 aliphatic carbocycles. The number of likely N-dealkylation sites (N-methyl/N-ethyl adjacent to an activating group) is 1. The van der Waals surface area contributed by atoms with E-state index in [1.54, 1.807) is 0 Å². The van der Waals surface area contributed by atoms with E-state index in [4.69, 9.17) is 0 Å². The van der Waals surface area contributed by atoms with E-state index in [0.717, 1.165) is 25.1 Å². The molecule has 1 aliphatic rings. The first-order chi connectivity index (χ1) is 8.16. The highest BCUT2D eigenvalue weighted by atomic mass is 16.2. The van der Waals surface area contributed by atoms with Gasteiger partial charge in [0.15, 0.2) is 0 Å². The second-order valence-electron chi connectivity index (χ2n) is 4.91. The summed E-state index contributed by atoms with van der Waals surface area (Å²) in [6, 6.07) is 10.5. The quantitative estimate of drug-likeness (QED) is 0.786. The molecule has 0 radical (unpaired) electrons. The fraction of sp³-hybridized carbons (Fsp3) is 0.500. The van der Waals surface area contributed by atoms with E-state index in [9.17, 15) is 4.79 Å². The zero-order valence-electron chi connectivity index (χ0n) is 10.6. The van der Waals surface area contributed by atoms with Gasteiger partial charge in [-0.1, -0.05) is 30.3 Å². The summed E-state index contributed by atoms with van der Waals surface area (Å²) < 4.78 is 0. The lowest BCUT2D eigenvalue weighted by molar-refractivity contribution is -0.129. The van der Waals surface area contributed by atoms with Gasteiger partial charge in [0, 0.05) is 19.1 Å². The van der Waals surface area contributed by atoms with Gasteiger partial charge in [-0.3, -0.25) is 4.79 Å². The van der Waals surface area contributed by atoms with Crippen molar-refractivity contribution in [3.8, 4) is 0 Å². The molecule has 1 aromatic rings. The van der Waals surface area contributed by atoms with Gasteiger partial charge < -0.3 is 9.80 Å². The van der Waals surface area contributed by atoms with Crippen LogP contribution in [0.2, 0.25) is 0 Å². The zero-order chi connectivity index (χ0) is 12.3. The van der Waals surface area contributed by atoms with Gasteiger partial charge in [-0.15, -0.1) is 0 Å². The van der Waals surface area contributed by atoms with Crippen molar-refractivity contribution in [1.82, 2.24) is 9.80 Å². The molecule has 0 bridgehead atoms. The highest BCUT2D eigenvalue weighted by Crippen LogP contribution is 2.14. The Hall–Kier alpha value is -1.35. The van der Waals surface area contributed by atoms with Crippen molar-refractivity contribution < 1.29 is 4.79 Å². The topological polar surface area (TPSA) is 23.6 Å². The van der Waals surface area contributed by atoms with Crippen molar-refractivity contribution in [2.75, 3.05) is 27.2 Å². The van der Waals surface area contributed by atoms with Gasteiger partial charge in [-0.25, -0.2) is 0 Å². The smallest absolute Gasteiger partial charge is 0.227 e. The Labute approximate surface area is 103 Å². The molecule has 0 saturated carbocycles. The summed E-state index contributed by atoms with van der Waals surface area (Å²) >= 11 is 0. The number of nitrogens with zero attached hydrogens (tertiary/aromatic N) is 2. The number of rotatable bonds is 3. The minimum Gasteiger partial charge on any atom is -0.341 e. The summed E-state index contributed by atoms with van der Waals surface area (Å²) in [6.07, 6.45) is 1.62. The molecule has 1 aromatic carbocycles. The van der Waals surface area contributed by atoms with Crippen LogP contribution in [0.15, 0.2) is 30.3 Å². The molecule has 1 saturated heterocycles. The first-order valence-electron chi connectivity index (χ1n) is 6.15. The third kappa shape index (κ3) is 3.07. The van der Waals surface area contributed by atoms with Gasteiger partial charge in [0.1, 0.15) is 0 Å². The van der Waals surface area contributed by atoms with Crippen molar-refractivity contribution in [1.29, 1.82) is 0 Å². The molecule has 0 aromatic heterocycles. The summed E-state index contributed by atoms with van der Waals surface area (Å²) in [5, 5.41) is 0. The molecule has 1 atom stereocenters. The average Bonchev–Trinajstić information content (AvgIpc) is 2.79. The fourth-order valence-electron chi connectivity index (χ4n) is 2.27. The Morgan fingerprint density at radius 2 is 2.06 bits per heavy atom. The number of benzene rings is 1. The molecule has 1 aliphatic heterocycles. The van der Waals surface area contributed by atoms with Crippen LogP contribution >= 0.6 is 0 Å². The molecule has 17 heavy (non-hydrogen) atoms. The molecular formula is C14H20N2O. The second kappa shape index (κ2) is 5.32. The normalized spacial score (nSPS) is 19.9. The molecule has 1 unspecified atom stereocenters. The molecule has 2 rings (SSSR count). The highest BCUT2D eigenvalue weighted by molar-refractivity contribution is 5.79. The lowest BCUT2D eigenvalue weighted by atomic mass is 10.1. The van der Waals surface area contributed by atoms with Gasteiger partial charge in [0.2, 0.25) is 5.91 Å². The van der Waals surface area contributed by atoms with Crippen LogP contribution in [-0.4, -0.2) is 48.9 Å². The lowest BCUT2D eigenvalue weighted by Crippen LogP contribution is -2.35. The lowest BCUT2D eigenvalue weighted by Gasteiger charge is -2.20. The molecule has 0 N–H and O–H groups in total. The maximum absolute atomic E-state index is 12.1. The van der Waals surface area contributed by atoms with Crippen LogP contribution in [0.25, 0.3) is 0 Å². The van der Waals surface area contributed by atoms with Crippen molar-refractivity contribution in [2.24, 2.45) is 0 Å². The van der Waals surface area contributed by atoms with Crippen molar-refractivity contribution in [3.05, 3.63) is 35.9 Å². The number of amides is 1. The van der Waals surface area contributed by atoms with E-state index in [-0.39, 0.29) is 5.91 Å². The summed E-state index contributed by atoms with van der Waals surface area (Å²) in [4.78, 5) is 16.3. The monoisotopic (exact) mass is 232 g/mol. The predicted octanol–water partition coefficient (Wildman–Crippen LogP) is 1.39. The van der Waals surface area contributed by atoms with Crippen molar-refractivity contribution in [3.63, 3.8) is 0 Å². The van der Waals surface area contributed by atoms with E-state index in [1.807, 2.05) is 35.2 Å². The number of carbonyl (C=O) groups excluding carboxylic acids is 1. The van der Waals surface area contributed by atoms with Gasteiger partial charge in [0.05, 0.1) is 6.42 Å². The summed E-state index contributed by atoms with van der Waals surface area (Å²) in [5.74, 6) is 0.251. The third-order valence-electron chi connectivity index (χ3n) is 3.44. The minimum atomic E-state index is 0.251. The number of hydrogen-bond donors (Lipinski definition) is 0. The summed E-state index contributed by atoms with van der Waals surface area (Å²) in [7, 11) is 4.16. The van der Waals surface area contributed by atoms with E-state index in [1.165, 1.54) is 0 Å². The Morgan fingerprint density at radius 3 is 2.65 bits per heavy atom. The molecule has 0 spiro atoms. The first-order valence-corrected chi connectivity index (χ1v) is 6.15.